The van der Waals surface area contributed by atoms with Crippen LogP contribution in [0.25, 0.3) is 0 Å². The van der Waals surface area contributed by atoms with E-state index in [1.807, 2.05) is 53.4 Å². The summed E-state index contributed by atoms with van der Waals surface area (Å²) in [5.41, 5.74) is 1.63. The normalized spacial score (nSPS) is 17.5. The van der Waals surface area contributed by atoms with Crippen LogP contribution in [0.1, 0.15) is 28.8 Å². The summed E-state index contributed by atoms with van der Waals surface area (Å²) in [5.74, 6) is 0.0862. The summed E-state index contributed by atoms with van der Waals surface area (Å²) in [5, 5.41) is 0.635. The van der Waals surface area contributed by atoms with Gasteiger partial charge in [-0.25, -0.2) is 0 Å². The number of amides is 1. The Labute approximate surface area is 147 Å². The molecule has 3 nitrogen and oxygen atoms in total. The molecule has 0 spiro atoms. The maximum atomic E-state index is 12.6. The van der Waals surface area contributed by atoms with Crippen molar-refractivity contribution < 1.29 is 9.59 Å². The van der Waals surface area contributed by atoms with Crippen molar-refractivity contribution in [3.8, 4) is 0 Å². The molecule has 0 bridgehead atoms. The van der Waals surface area contributed by atoms with Gasteiger partial charge in [0.05, 0.1) is 6.42 Å². The number of rotatable bonds is 4. The first-order valence-electron chi connectivity index (χ1n) is 8.25. The lowest BCUT2D eigenvalue weighted by atomic mass is 9.90. The number of carbonyl (C=O) groups excluding carboxylic acids is 2. The molecule has 1 aliphatic heterocycles. The third kappa shape index (κ3) is 4.04. The Balaban J connectivity index is 1.65. The summed E-state index contributed by atoms with van der Waals surface area (Å²) in [7, 11) is 0. The molecule has 0 N–H and O–H groups in total. The number of hydrogen-bond donors (Lipinski definition) is 0. The standard InChI is InChI=1S/C20H20ClNO2/c21-18-10-4-6-15(12-18)13-19(23)22-11-5-9-17(14-22)20(24)16-7-2-1-3-8-16/h1-4,6-8,10,12,17H,5,9,11,13-14H2/t17-/m1/s1. The Morgan fingerprint density at radius 2 is 1.88 bits per heavy atom. The van der Waals surface area contributed by atoms with Gasteiger partial charge >= 0.3 is 0 Å². The van der Waals surface area contributed by atoms with E-state index in [0.29, 0.717) is 18.0 Å². The van der Waals surface area contributed by atoms with Crippen LogP contribution in [-0.2, 0) is 11.2 Å². The van der Waals surface area contributed by atoms with Crippen molar-refractivity contribution in [2.75, 3.05) is 13.1 Å². The molecule has 0 saturated carbocycles. The van der Waals surface area contributed by atoms with Crippen molar-refractivity contribution >= 4 is 23.3 Å². The summed E-state index contributed by atoms with van der Waals surface area (Å²) >= 11 is 5.98. The number of Topliss-reactive ketones (excluding diaryl/α,β-unsaturated/α-hetero) is 1. The van der Waals surface area contributed by atoms with E-state index < -0.39 is 0 Å². The predicted octanol–water partition coefficient (Wildman–Crippen LogP) is 4.00. The van der Waals surface area contributed by atoms with Crippen molar-refractivity contribution in [2.24, 2.45) is 5.92 Å². The summed E-state index contributed by atoms with van der Waals surface area (Å²) < 4.78 is 0. The smallest absolute Gasteiger partial charge is 0.227 e. The van der Waals surface area contributed by atoms with Gasteiger partial charge in [-0.3, -0.25) is 9.59 Å². The minimum atomic E-state index is -0.107. The first kappa shape index (κ1) is 16.7. The Morgan fingerprint density at radius 3 is 2.62 bits per heavy atom. The van der Waals surface area contributed by atoms with Gasteiger partial charge in [0.1, 0.15) is 0 Å². The number of benzene rings is 2. The summed E-state index contributed by atoms with van der Waals surface area (Å²) in [4.78, 5) is 27.0. The monoisotopic (exact) mass is 341 g/mol. The summed E-state index contributed by atoms with van der Waals surface area (Å²) in [6, 6.07) is 16.7. The molecular formula is C20H20ClNO2. The predicted molar refractivity (Wildman–Crippen MR) is 95.2 cm³/mol. The molecule has 24 heavy (non-hydrogen) atoms. The van der Waals surface area contributed by atoms with Crippen LogP contribution in [0.5, 0.6) is 0 Å². The fourth-order valence-corrected chi connectivity index (χ4v) is 3.40. The van der Waals surface area contributed by atoms with Crippen LogP contribution < -0.4 is 0 Å². The number of likely N-dealkylation sites (tertiary alicyclic amines) is 1. The minimum absolute atomic E-state index is 0.0582. The van der Waals surface area contributed by atoms with E-state index in [-0.39, 0.29) is 17.6 Å². The molecule has 2 aromatic carbocycles. The van der Waals surface area contributed by atoms with Gasteiger partial charge in [0.15, 0.2) is 5.78 Å². The minimum Gasteiger partial charge on any atom is -0.342 e. The molecule has 1 aliphatic rings. The zero-order chi connectivity index (χ0) is 16.9. The fraction of sp³-hybridized carbons (Fsp3) is 0.300. The molecule has 0 radical (unpaired) electrons. The van der Waals surface area contributed by atoms with Crippen LogP contribution >= 0.6 is 11.6 Å². The highest BCUT2D eigenvalue weighted by molar-refractivity contribution is 6.30. The van der Waals surface area contributed by atoms with Crippen LogP contribution in [0.15, 0.2) is 54.6 Å². The number of ketones is 1. The molecule has 0 aromatic heterocycles. The van der Waals surface area contributed by atoms with E-state index in [2.05, 4.69) is 0 Å². The maximum absolute atomic E-state index is 12.6. The average Bonchev–Trinajstić information content (AvgIpc) is 2.62. The first-order chi connectivity index (χ1) is 11.6. The third-order valence-electron chi connectivity index (χ3n) is 4.45. The molecule has 1 heterocycles. The Bertz CT molecular complexity index is 729. The highest BCUT2D eigenvalue weighted by atomic mass is 35.5. The van der Waals surface area contributed by atoms with E-state index in [1.54, 1.807) is 6.07 Å². The molecule has 124 valence electrons. The fourth-order valence-electron chi connectivity index (χ4n) is 3.19. The van der Waals surface area contributed by atoms with E-state index in [9.17, 15) is 9.59 Å². The van der Waals surface area contributed by atoms with Gasteiger partial charge in [0.25, 0.3) is 0 Å². The van der Waals surface area contributed by atoms with Gasteiger partial charge in [0.2, 0.25) is 5.91 Å². The maximum Gasteiger partial charge on any atom is 0.227 e. The molecule has 1 amide bonds. The Morgan fingerprint density at radius 1 is 1.08 bits per heavy atom. The Kier molecular flexibility index (Phi) is 5.31. The lowest BCUT2D eigenvalue weighted by Crippen LogP contribution is -2.43. The highest BCUT2D eigenvalue weighted by Crippen LogP contribution is 2.22. The van der Waals surface area contributed by atoms with Gasteiger partial charge in [-0.05, 0) is 30.5 Å². The third-order valence-corrected chi connectivity index (χ3v) is 4.68. The van der Waals surface area contributed by atoms with E-state index in [1.165, 1.54) is 0 Å². The van der Waals surface area contributed by atoms with Crippen molar-refractivity contribution in [3.05, 3.63) is 70.7 Å². The zero-order valence-electron chi connectivity index (χ0n) is 13.5. The van der Waals surface area contributed by atoms with Crippen molar-refractivity contribution in [1.82, 2.24) is 4.90 Å². The molecule has 1 fully saturated rings. The Hall–Kier alpha value is -2.13. The SMILES string of the molecule is O=C(c1ccccc1)[C@@H]1CCCN(C(=O)Cc2cccc(Cl)c2)C1. The van der Waals surface area contributed by atoms with Crippen LogP contribution in [0.4, 0.5) is 0 Å². The lowest BCUT2D eigenvalue weighted by molar-refractivity contribution is -0.131. The van der Waals surface area contributed by atoms with Crippen LogP contribution in [0.2, 0.25) is 5.02 Å². The van der Waals surface area contributed by atoms with Crippen molar-refractivity contribution in [1.29, 1.82) is 0 Å². The van der Waals surface area contributed by atoms with Crippen molar-refractivity contribution in [2.45, 2.75) is 19.3 Å². The van der Waals surface area contributed by atoms with Gasteiger partial charge in [-0.1, -0.05) is 54.1 Å². The quantitative estimate of drug-likeness (QED) is 0.788. The second kappa shape index (κ2) is 7.63. The summed E-state index contributed by atoms with van der Waals surface area (Å²) in [6.07, 6.45) is 2.03. The van der Waals surface area contributed by atoms with Gasteiger partial charge in [0, 0.05) is 29.6 Å². The largest absolute Gasteiger partial charge is 0.342 e. The highest BCUT2D eigenvalue weighted by Gasteiger charge is 2.28. The molecule has 3 rings (SSSR count). The number of nitrogens with zero attached hydrogens (tertiary/aromatic N) is 1. The average molecular weight is 342 g/mol. The molecule has 1 saturated heterocycles. The zero-order valence-corrected chi connectivity index (χ0v) is 14.2. The van der Waals surface area contributed by atoms with E-state index in [0.717, 1.165) is 30.5 Å². The molecule has 0 unspecified atom stereocenters. The second-order valence-electron chi connectivity index (χ2n) is 6.22. The molecule has 2 aromatic rings. The molecule has 0 aliphatic carbocycles. The molecule has 4 heteroatoms. The molecule has 1 atom stereocenters. The van der Waals surface area contributed by atoms with Crippen LogP contribution in [0.3, 0.4) is 0 Å². The lowest BCUT2D eigenvalue weighted by Gasteiger charge is -2.32. The van der Waals surface area contributed by atoms with Gasteiger partial charge in [-0.15, -0.1) is 0 Å². The topological polar surface area (TPSA) is 37.4 Å². The van der Waals surface area contributed by atoms with Gasteiger partial charge in [-0.2, -0.15) is 0 Å². The van der Waals surface area contributed by atoms with Crippen LogP contribution in [-0.4, -0.2) is 29.7 Å². The van der Waals surface area contributed by atoms with Crippen molar-refractivity contribution in [3.63, 3.8) is 0 Å². The molecular weight excluding hydrogens is 322 g/mol. The number of carbonyl (C=O) groups is 2. The first-order valence-corrected chi connectivity index (χ1v) is 8.63. The number of hydrogen-bond acceptors (Lipinski definition) is 2. The van der Waals surface area contributed by atoms with Gasteiger partial charge < -0.3 is 4.90 Å². The summed E-state index contributed by atoms with van der Waals surface area (Å²) in [6.45, 7) is 1.23. The van der Waals surface area contributed by atoms with E-state index >= 15 is 0 Å². The van der Waals surface area contributed by atoms with Crippen LogP contribution in [0, 0.1) is 5.92 Å². The second-order valence-corrected chi connectivity index (χ2v) is 6.65. The van der Waals surface area contributed by atoms with E-state index in [4.69, 9.17) is 11.6 Å². The number of piperidine rings is 1. The number of halogens is 1.